The number of rotatable bonds is 3. The molecular formula is C24H32. The molecule has 2 fully saturated rings. The maximum Gasteiger partial charge on any atom is 0.0198 e. The van der Waals surface area contributed by atoms with Gasteiger partial charge in [0.25, 0.3) is 0 Å². The van der Waals surface area contributed by atoms with Crippen molar-refractivity contribution in [3.63, 3.8) is 0 Å². The number of hydrogen-bond acceptors (Lipinski definition) is 0. The third-order valence-electron chi connectivity index (χ3n) is 6.97. The summed E-state index contributed by atoms with van der Waals surface area (Å²) in [6.45, 7) is 0. The Bertz CT molecular complexity index is 582. The van der Waals surface area contributed by atoms with Gasteiger partial charge in [0, 0.05) is 5.41 Å². The van der Waals surface area contributed by atoms with Gasteiger partial charge in [-0.25, -0.2) is 0 Å². The summed E-state index contributed by atoms with van der Waals surface area (Å²) in [5.74, 6) is 1.67. The molecule has 0 N–H and O–H groups in total. The molecule has 3 aliphatic carbocycles. The van der Waals surface area contributed by atoms with Crippen LogP contribution in [0.25, 0.3) is 0 Å². The Hall–Kier alpha value is -1.30. The number of hydrogen-bond donors (Lipinski definition) is 0. The summed E-state index contributed by atoms with van der Waals surface area (Å²) in [5.41, 5.74) is 3.46. The van der Waals surface area contributed by atoms with E-state index in [0.717, 1.165) is 11.8 Å². The van der Waals surface area contributed by atoms with Crippen LogP contribution in [-0.4, -0.2) is 0 Å². The van der Waals surface area contributed by atoms with Crippen LogP contribution in [0.5, 0.6) is 0 Å². The lowest BCUT2D eigenvalue weighted by Gasteiger charge is -2.43. The smallest absolute Gasteiger partial charge is 0.0198 e. The molecule has 0 amide bonds. The molecule has 0 aliphatic heterocycles. The van der Waals surface area contributed by atoms with Crippen molar-refractivity contribution < 1.29 is 0 Å². The second-order valence-electron chi connectivity index (χ2n) is 8.32. The lowest BCUT2D eigenvalue weighted by molar-refractivity contribution is 0.243. The van der Waals surface area contributed by atoms with Crippen molar-refractivity contribution in [2.24, 2.45) is 11.8 Å². The summed E-state index contributed by atoms with van der Waals surface area (Å²) in [5, 5.41) is 0. The fourth-order valence-corrected chi connectivity index (χ4v) is 5.53. The molecular weight excluding hydrogens is 288 g/mol. The first kappa shape index (κ1) is 16.2. The summed E-state index contributed by atoms with van der Waals surface area (Å²) < 4.78 is 0. The molecule has 0 bridgehead atoms. The van der Waals surface area contributed by atoms with E-state index in [4.69, 9.17) is 0 Å². The summed E-state index contributed by atoms with van der Waals surface area (Å²) in [4.78, 5) is 0. The van der Waals surface area contributed by atoms with Gasteiger partial charge in [-0.15, -0.1) is 0 Å². The van der Waals surface area contributed by atoms with Crippen molar-refractivity contribution in [1.29, 1.82) is 0 Å². The van der Waals surface area contributed by atoms with E-state index in [2.05, 4.69) is 48.6 Å². The van der Waals surface area contributed by atoms with Gasteiger partial charge in [0.2, 0.25) is 0 Å². The topological polar surface area (TPSA) is 0 Å². The Balaban J connectivity index is 1.61. The SMILES string of the molecule is C1=CC(c2ccccc2)(C2CCCCC2)CC=C1C1CCCCC1. The minimum Gasteiger partial charge on any atom is -0.0798 e. The second-order valence-corrected chi connectivity index (χ2v) is 8.32. The molecule has 1 aromatic carbocycles. The molecule has 128 valence electrons. The van der Waals surface area contributed by atoms with Crippen molar-refractivity contribution in [1.82, 2.24) is 0 Å². The maximum absolute atomic E-state index is 2.63. The van der Waals surface area contributed by atoms with Gasteiger partial charge in [0.15, 0.2) is 0 Å². The highest BCUT2D eigenvalue weighted by atomic mass is 14.4. The zero-order chi connectivity index (χ0) is 16.2. The van der Waals surface area contributed by atoms with Gasteiger partial charge in [-0.3, -0.25) is 0 Å². The fourth-order valence-electron chi connectivity index (χ4n) is 5.53. The highest BCUT2D eigenvalue weighted by Crippen LogP contribution is 2.48. The fraction of sp³-hybridized carbons (Fsp3) is 0.583. The Morgan fingerprint density at radius 3 is 2.04 bits per heavy atom. The number of benzene rings is 1. The molecule has 0 heterocycles. The molecule has 0 nitrogen and oxygen atoms in total. The maximum atomic E-state index is 2.63. The van der Waals surface area contributed by atoms with Crippen LogP contribution in [-0.2, 0) is 5.41 Å². The van der Waals surface area contributed by atoms with Crippen LogP contribution in [0, 0.1) is 11.8 Å². The molecule has 0 spiro atoms. The molecule has 0 heteroatoms. The van der Waals surface area contributed by atoms with E-state index in [1.54, 1.807) is 11.1 Å². The van der Waals surface area contributed by atoms with E-state index in [1.165, 1.54) is 70.6 Å². The normalized spacial score (nSPS) is 29.4. The molecule has 2 saturated carbocycles. The standard InChI is InChI=1S/C24H32/c1-4-10-20(11-5-1)21-16-18-24(19-17-21,22-12-6-2-7-13-22)23-14-8-3-9-15-23/h2,6-7,12-13,16-18,20,23H,1,3-5,8-11,14-15,19H2. The minimum absolute atomic E-state index is 0.264. The van der Waals surface area contributed by atoms with Gasteiger partial charge in [-0.2, -0.15) is 0 Å². The van der Waals surface area contributed by atoms with Crippen LogP contribution in [0.1, 0.15) is 76.2 Å². The van der Waals surface area contributed by atoms with Gasteiger partial charge in [0.1, 0.15) is 0 Å². The van der Waals surface area contributed by atoms with E-state index < -0.39 is 0 Å². The molecule has 3 aliphatic rings. The summed E-state index contributed by atoms with van der Waals surface area (Å²) in [7, 11) is 0. The summed E-state index contributed by atoms with van der Waals surface area (Å²) in [6, 6.07) is 11.4. The average Bonchev–Trinajstić information content (AvgIpc) is 2.70. The molecule has 0 aromatic heterocycles. The van der Waals surface area contributed by atoms with E-state index in [1.807, 2.05) is 0 Å². The average molecular weight is 321 g/mol. The van der Waals surface area contributed by atoms with Crippen LogP contribution >= 0.6 is 0 Å². The zero-order valence-electron chi connectivity index (χ0n) is 15.1. The van der Waals surface area contributed by atoms with Crippen molar-refractivity contribution in [2.45, 2.75) is 76.0 Å². The monoisotopic (exact) mass is 320 g/mol. The predicted octanol–water partition coefficient (Wildman–Crippen LogP) is 6.97. The van der Waals surface area contributed by atoms with Crippen molar-refractivity contribution in [2.75, 3.05) is 0 Å². The van der Waals surface area contributed by atoms with Crippen LogP contribution in [0.4, 0.5) is 0 Å². The molecule has 0 saturated heterocycles. The van der Waals surface area contributed by atoms with Gasteiger partial charge in [-0.05, 0) is 55.1 Å². The van der Waals surface area contributed by atoms with Gasteiger partial charge >= 0.3 is 0 Å². The van der Waals surface area contributed by atoms with E-state index in [0.29, 0.717) is 0 Å². The van der Waals surface area contributed by atoms with Crippen LogP contribution in [0.2, 0.25) is 0 Å². The number of allylic oxidation sites excluding steroid dienone is 4. The molecule has 4 rings (SSSR count). The molecule has 24 heavy (non-hydrogen) atoms. The first-order valence-corrected chi connectivity index (χ1v) is 10.3. The lowest BCUT2D eigenvalue weighted by atomic mass is 9.61. The van der Waals surface area contributed by atoms with Crippen LogP contribution in [0.15, 0.2) is 54.1 Å². The van der Waals surface area contributed by atoms with Crippen molar-refractivity contribution in [3.05, 3.63) is 59.7 Å². The quantitative estimate of drug-likeness (QED) is 0.564. The first-order chi connectivity index (χ1) is 11.9. The largest absolute Gasteiger partial charge is 0.0798 e. The Morgan fingerprint density at radius 1 is 0.750 bits per heavy atom. The van der Waals surface area contributed by atoms with E-state index in [9.17, 15) is 0 Å². The minimum atomic E-state index is 0.264. The van der Waals surface area contributed by atoms with Crippen LogP contribution < -0.4 is 0 Å². The van der Waals surface area contributed by atoms with Crippen LogP contribution in [0.3, 0.4) is 0 Å². The molecule has 1 unspecified atom stereocenters. The Labute approximate surface area is 148 Å². The van der Waals surface area contributed by atoms with E-state index >= 15 is 0 Å². The first-order valence-electron chi connectivity index (χ1n) is 10.3. The third-order valence-corrected chi connectivity index (χ3v) is 6.97. The highest BCUT2D eigenvalue weighted by molar-refractivity contribution is 5.40. The van der Waals surface area contributed by atoms with Crippen molar-refractivity contribution >= 4 is 0 Å². The molecule has 1 atom stereocenters. The van der Waals surface area contributed by atoms with Gasteiger partial charge in [-0.1, -0.05) is 87.1 Å². The Morgan fingerprint density at radius 2 is 1.42 bits per heavy atom. The molecule has 1 aromatic rings. The highest BCUT2D eigenvalue weighted by Gasteiger charge is 2.39. The van der Waals surface area contributed by atoms with E-state index in [-0.39, 0.29) is 5.41 Å². The third kappa shape index (κ3) is 3.13. The summed E-state index contributed by atoms with van der Waals surface area (Å²) >= 11 is 0. The lowest BCUT2D eigenvalue weighted by Crippen LogP contribution is -2.36. The predicted molar refractivity (Wildman–Crippen MR) is 103 cm³/mol. The van der Waals surface area contributed by atoms with Gasteiger partial charge in [0.05, 0.1) is 0 Å². The zero-order valence-corrected chi connectivity index (χ0v) is 15.1. The summed E-state index contributed by atoms with van der Waals surface area (Å²) in [6.07, 6.45) is 23.2. The molecule has 0 radical (unpaired) electrons. The second kappa shape index (κ2) is 7.30. The van der Waals surface area contributed by atoms with Gasteiger partial charge < -0.3 is 0 Å². The van der Waals surface area contributed by atoms with Crippen molar-refractivity contribution in [3.8, 4) is 0 Å². The Kier molecular flexibility index (Phi) is 4.92.